The van der Waals surface area contributed by atoms with Crippen LogP contribution in [0.25, 0.3) is 0 Å². The Morgan fingerprint density at radius 3 is 2.88 bits per heavy atom. The van der Waals surface area contributed by atoms with Gasteiger partial charge in [-0.2, -0.15) is 0 Å². The lowest BCUT2D eigenvalue weighted by Crippen LogP contribution is -2.04. The smallest absolute Gasteiger partial charge is 0.0783 e. The van der Waals surface area contributed by atoms with Crippen molar-refractivity contribution in [3.8, 4) is 0 Å². The molecule has 0 aromatic rings. The molecule has 0 aromatic heterocycles. The molecule has 1 aliphatic carbocycles. The minimum Gasteiger partial charge on any atom is -0.393 e. The summed E-state index contributed by atoms with van der Waals surface area (Å²) in [6, 6.07) is 0.404. The summed E-state index contributed by atoms with van der Waals surface area (Å²) in [5, 5.41) is 11.1. The van der Waals surface area contributed by atoms with Crippen molar-refractivity contribution in [3.63, 3.8) is 0 Å². The van der Waals surface area contributed by atoms with Crippen molar-refractivity contribution >= 4 is 16.8 Å². The van der Waals surface area contributed by atoms with E-state index in [1.54, 1.807) is 6.08 Å². The monoisotopic (exact) mass is 359 g/mol. The van der Waals surface area contributed by atoms with Crippen LogP contribution < -0.4 is 0 Å². The number of thioether (sulfide) groups is 1. The number of hydrogen-bond donors (Lipinski definition) is 1. The van der Waals surface area contributed by atoms with Gasteiger partial charge in [0.15, 0.2) is 0 Å². The van der Waals surface area contributed by atoms with Crippen molar-refractivity contribution in [2.24, 2.45) is 16.8 Å². The van der Waals surface area contributed by atoms with Crippen molar-refractivity contribution in [3.05, 3.63) is 48.6 Å². The Morgan fingerprint density at radius 1 is 1.40 bits per heavy atom. The van der Waals surface area contributed by atoms with Gasteiger partial charge >= 0.3 is 0 Å². The van der Waals surface area contributed by atoms with Crippen LogP contribution in [-0.2, 0) is 0 Å². The number of aliphatic imine (C=N–C) groups is 1. The molecule has 1 fully saturated rings. The highest BCUT2D eigenvalue weighted by molar-refractivity contribution is 8.14. The van der Waals surface area contributed by atoms with Crippen molar-refractivity contribution in [1.82, 2.24) is 0 Å². The van der Waals surface area contributed by atoms with Gasteiger partial charge in [-0.15, -0.1) is 18.3 Å². The quantitative estimate of drug-likeness (QED) is 0.291. The molecule has 0 spiro atoms. The van der Waals surface area contributed by atoms with E-state index < -0.39 is 0 Å². The van der Waals surface area contributed by atoms with Crippen LogP contribution in [0.5, 0.6) is 0 Å². The second-order valence-corrected chi connectivity index (χ2v) is 8.37. The number of hydrogen-bond acceptors (Lipinski definition) is 3. The van der Waals surface area contributed by atoms with E-state index in [9.17, 15) is 5.11 Å². The van der Waals surface area contributed by atoms with Crippen LogP contribution in [0.3, 0.4) is 0 Å². The first kappa shape index (κ1) is 20.3. The molecule has 1 aliphatic heterocycles. The molecule has 0 radical (unpaired) electrons. The zero-order valence-corrected chi connectivity index (χ0v) is 16.5. The van der Waals surface area contributed by atoms with E-state index in [1.807, 2.05) is 11.8 Å². The first-order chi connectivity index (χ1) is 12.1. The maximum atomic E-state index is 9.68. The molecular formula is C22H33NOS. The van der Waals surface area contributed by atoms with Crippen LogP contribution in [0.15, 0.2) is 53.6 Å². The third kappa shape index (κ3) is 7.79. The summed E-state index contributed by atoms with van der Waals surface area (Å²) >= 11 is 1.96. The highest BCUT2D eigenvalue weighted by Crippen LogP contribution is 2.44. The van der Waals surface area contributed by atoms with Gasteiger partial charge < -0.3 is 5.11 Å². The summed E-state index contributed by atoms with van der Waals surface area (Å²) < 4.78 is 0. The average molecular weight is 360 g/mol. The van der Waals surface area contributed by atoms with Crippen molar-refractivity contribution in [2.45, 2.75) is 64.5 Å². The predicted octanol–water partition coefficient (Wildman–Crippen LogP) is 5.71. The zero-order chi connectivity index (χ0) is 18.1. The van der Waals surface area contributed by atoms with Crippen LogP contribution in [0.1, 0.15) is 52.4 Å². The molecule has 2 rings (SSSR count). The third-order valence-corrected chi connectivity index (χ3v) is 6.02. The maximum absolute atomic E-state index is 9.68. The molecule has 138 valence electrons. The Hall–Kier alpha value is -1.06. The van der Waals surface area contributed by atoms with E-state index in [-0.39, 0.29) is 6.10 Å². The number of aliphatic hydroxyl groups is 1. The Morgan fingerprint density at radius 2 is 2.16 bits per heavy atom. The first-order valence-electron chi connectivity index (χ1n) is 9.58. The normalized spacial score (nSPS) is 27.9. The van der Waals surface area contributed by atoms with Crippen molar-refractivity contribution in [2.75, 3.05) is 5.75 Å². The maximum Gasteiger partial charge on any atom is 0.0783 e. The van der Waals surface area contributed by atoms with Gasteiger partial charge in [0.2, 0.25) is 0 Å². The van der Waals surface area contributed by atoms with Gasteiger partial charge in [-0.05, 0) is 51.4 Å². The topological polar surface area (TPSA) is 32.6 Å². The van der Waals surface area contributed by atoms with E-state index in [0.717, 1.165) is 43.3 Å². The van der Waals surface area contributed by atoms with Gasteiger partial charge in [0, 0.05) is 11.7 Å². The number of aliphatic hydroxyl groups excluding tert-OH is 1. The molecule has 25 heavy (non-hydrogen) atoms. The zero-order valence-electron chi connectivity index (χ0n) is 15.7. The fraction of sp³-hybridized carbons (Fsp3) is 0.591. The molecule has 0 saturated heterocycles. The fourth-order valence-corrected chi connectivity index (χ4v) is 4.22. The molecule has 2 nitrogen and oxygen atoms in total. The second-order valence-electron chi connectivity index (χ2n) is 7.33. The number of unbranched alkanes of at least 4 members (excludes halogenated alkanes) is 1. The largest absolute Gasteiger partial charge is 0.393 e. The minimum atomic E-state index is -0.255. The van der Waals surface area contributed by atoms with E-state index >= 15 is 0 Å². The summed E-state index contributed by atoms with van der Waals surface area (Å²) in [6.07, 6.45) is 18.5. The van der Waals surface area contributed by atoms with Crippen LogP contribution in [0.4, 0.5) is 0 Å². The minimum absolute atomic E-state index is 0.255. The lowest BCUT2D eigenvalue weighted by Gasteiger charge is -2.07. The number of nitrogens with zero attached hydrogens (tertiary/aromatic N) is 1. The second kappa shape index (κ2) is 10.8. The predicted molar refractivity (Wildman–Crippen MR) is 112 cm³/mol. The standard InChI is InChI=1S/C22H33NOS/c1-4-10-20(24)14-13-17(2)11-8-6-5-7-9-12-19-16-25-22(23-19)21-15-18(21)3/h4,6,8-9,11-12,18-21,24H,1,5,7,10,13-16H2,2-3H3/t18-,19+,20-,21+/m0/s1. The highest BCUT2D eigenvalue weighted by Gasteiger charge is 2.39. The summed E-state index contributed by atoms with van der Waals surface area (Å²) in [4.78, 5) is 4.84. The summed E-state index contributed by atoms with van der Waals surface area (Å²) in [7, 11) is 0. The summed E-state index contributed by atoms with van der Waals surface area (Å²) in [6.45, 7) is 8.10. The third-order valence-electron chi connectivity index (χ3n) is 4.81. The highest BCUT2D eigenvalue weighted by atomic mass is 32.2. The molecule has 1 saturated carbocycles. The van der Waals surface area contributed by atoms with E-state index in [2.05, 4.69) is 50.8 Å². The number of rotatable bonds is 11. The van der Waals surface area contributed by atoms with Gasteiger partial charge in [-0.25, -0.2) is 0 Å². The van der Waals surface area contributed by atoms with Crippen LogP contribution in [-0.4, -0.2) is 28.0 Å². The van der Waals surface area contributed by atoms with E-state index in [4.69, 9.17) is 4.99 Å². The number of allylic oxidation sites excluding steroid dienone is 5. The van der Waals surface area contributed by atoms with Gasteiger partial charge in [0.05, 0.1) is 17.2 Å². The molecule has 0 unspecified atom stereocenters. The Labute approximate surface area is 157 Å². The molecule has 1 heterocycles. The Bertz CT molecular complexity index is 546. The molecule has 0 bridgehead atoms. The van der Waals surface area contributed by atoms with Crippen molar-refractivity contribution < 1.29 is 5.11 Å². The molecule has 3 heteroatoms. The summed E-state index contributed by atoms with van der Waals surface area (Å²) in [5.74, 6) is 2.77. The molecule has 0 aromatic carbocycles. The molecule has 2 aliphatic rings. The van der Waals surface area contributed by atoms with Crippen LogP contribution >= 0.6 is 11.8 Å². The van der Waals surface area contributed by atoms with E-state index in [1.165, 1.54) is 17.0 Å². The lowest BCUT2D eigenvalue weighted by atomic mass is 10.1. The summed E-state index contributed by atoms with van der Waals surface area (Å²) in [5.41, 5.74) is 1.31. The Kier molecular flexibility index (Phi) is 8.77. The van der Waals surface area contributed by atoms with Crippen LogP contribution in [0, 0.1) is 11.8 Å². The van der Waals surface area contributed by atoms with Gasteiger partial charge in [0.1, 0.15) is 0 Å². The Balaban J connectivity index is 1.57. The van der Waals surface area contributed by atoms with Crippen molar-refractivity contribution in [1.29, 1.82) is 0 Å². The van der Waals surface area contributed by atoms with Gasteiger partial charge in [0.25, 0.3) is 0 Å². The van der Waals surface area contributed by atoms with Gasteiger partial charge in [-0.1, -0.05) is 49.0 Å². The first-order valence-corrected chi connectivity index (χ1v) is 10.6. The SMILES string of the molecule is C=CC[C@H](O)CCC(C)=CC=CCCC=C[C@@H]1CSC([C@@H]2C[C@@H]2C)=N1. The van der Waals surface area contributed by atoms with Gasteiger partial charge in [-0.3, -0.25) is 4.99 Å². The molecule has 1 N–H and O–H groups in total. The van der Waals surface area contributed by atoms with Crippen LogP contribution in [0.2, 0.25) is 0 Å². The molecular weight excluding hydrogens is 326 g/mol. The molecule has 0 amide bonds. The van der Waals surface area contributed by atoms with E-state index in [0.29, 0.717) is 12.5 Å². The average Bonchev–Trinajstić information content (AvgIpc) is 3.13. The molecule has 4 atom stereocenters. The fourth-order valence-electron chi connectivity index (χ4n) is 2.94. The lowest BCUT2D eigenvalue weighted by molar-refractivity contribution is 0.168.